The average molecular weight is 371 g/mol. The summed E-state index contributed by atoms with van der Waals surface area (Å²) in [4.78, 5) is 9.02. The van der Waals surface area contributed by atoms with E-state index in [9.17, 15) is 0 Å². The molecule has 4 nitrogen and oxygen atoms in total. The molecular weight excluding hydrogens is 362 g/mol. The summed E-state index contributed by atoms with van der Waals surface area (Å²) in [6.45, 7) is 0. The van der Waals surface area contributed by atoms with Crippen molar-refractivity contribution in [2.45, 2.75) is 10.7 Å². The van der Waals surface area contributed by atoms with E-state index in [-0.39, 0.29) is 0 Å². The van der Waals surface area contributed by atoms with Crippen molar-refractivity contribution >= 4 is 42.9 Å². The molecule has 0 aliphatic rings. The Morgan fingerprint density at radius 3 is 2.17 bits per heavy atom. The number of alkyl halides is 2. The molecule has 0 atom stereocenters. The molecule has 6 heteroatoms. The van der Waals surface area contributed by atoms with Crippen LogP contribution in [0.4, 0.5) is 0 Å². The number of aromatic nitrogens is 2. The summed E-state index contributed by atoms with van der Waals surface area (Å²) in [5.41, 5.74) is 3.64. The fourth-order valence-electron chi connectivity index (χ4n) is 1.63. The van der Waals surface area contributed by atoms with E-state index >= 15 is 0 Å². The Morgan fingerprint density at radius 1 is 1.17 bits per heavy atom. The minimum atomic E-state index is 0.464. The lowest BCUT2D eigenvalue weighted by atomic mass is 10.1. The van der Waals surface area contributed by atoms with Crippen molar-refractivity contribution < 1.29 is 4.74 Å². The van der Waals surface area contributed by atoms with Gasteiger partial charge in [0.15, 0.2) is 0 Å². The molecule has 1 aromatic carbocycles. The monoisotopic (exact) mass is 369 g/mol. The number of nitriles is 1. The first-order valence-corrected chi connectivity index (χ1v) is 7.37. The van der Waals surface area contributed by atoms with Crippen LogP contribution in [0.2, 0.25) is 0 Å². The van der Waals surface area contributed by atoms with Gasteiger partial charge < -0.3 is 4.74 Å². The number of fused-ring (bicyclic) bond motifs is 1. The fourth-order valence-corrected chi connectivity index (χ4v) is 2.52. The van der Waals surface area contributed by atoms with E-state index in [2.05, 4.69) is 47.9 Å². The van der Waals surface area contributed by atoms with Crippen LogP contribution in [0, 0.1) is 11.3 Å². The topological polar surface area (TPSA) is 58.8 Å². The maximum absolute atomic E-state index is 9.04. The Balaban J connectivity index is 2.74. The summed E-state index contributed by atoms with van der Waals surface area (Å²) < 4.78 is 5.16. The van der Waals surface area contributed by atoms with Crippen molar-refractivity contribution in [3.63, 3.8) is 0 Å². The lowest BCUT2D eigenvalue weighted by Gasteiger charge is -2.08. The van der Waals surface area contributed by atoms with Crippen LogP contribution in [0.3, 0.4) is 0 Å². The average Bonchev–Trinajstić information content (AvgIpc) is 2.43. The van der Waals surface area contributed by atoms with Gasteiger partial charge in [0.2, 0.25) is 0 Å². The Hall–Kier alpha value is -1.19. The van der Waals surface area contributed by atoms with Crippen LogP contribution in [0.25, 0.3) is 11.0 Å². The molecule has 0 unspecified atom stereocenters. The molecule has 0 aliphatic carbocycles. The highest BCUT2D eigenvalue weighted by Gasteiger charge is 2.11. The van der Waals surface area contributed by atoms with Crippen molar-refractivity contribution in [3.8, 4) is 11.8 Å². The predicted molar refractivity (Wildman–Crippen MR) is 76.1 cm³/mol. The van der Waals surface area contributed by atoms with Gasteiger partial charge in [0.05, 0.1) is 35.1 Å². The van der Waals surface area contributed by atoms with Gasteiger partial charge in [-0.15, -0.1) is 0 Å². The second kappa shape index (κ2) is 5.63. The number of methoxy groups -OCH3 is 1. The van der Waals surface area contributed by atoms with E-state index < -0.39 is 0 Å². The van der Waals surface area contributed by atoms with Gasteiger partial charge in [-0.3, -0.25) is 0 Å². The van der Waals surface area contributed by atoms with E-state index in [0.717, 1.165) is 16.9 Å². The summed E-state index contributed by atoms with van der Waals surface area (Å²) >= 11 is 6.78. The molecule has 0 saturated heterocycles. The standard InChI is InChI=1S/C12H9Br2N3O/c1-18-12-3-9-8(2-7(12)6-15)16-10(4-13)11(5-14)17-9/h2-3H,4-5H2,1H3. The normalized spacial score (nSPS) is 10.3. The molecule has 0 saturated carbocycles. The largest absolute Gasteiger partial charge is 0.495 e. The predicted octanol–water partition coefficient (Wildman–Crippen LogP) is 3.30. The molecule has 18 heavy (non-hydrogen) atoms. The van der Waals surface area contributed by atoms with Crippen LogP contribution in [-0.4, -0.2) is 17.1 Å². The highest BCUT2D eigenvalue weighted by Crippen LogP contribution is 2.25. The van der Waals surface area contributed by atoms with Crippen molar-refractivity contribution in [1.82, 2.24) is 9.97 Å². The molecule has 1 heterocycles. The molecule has 0 fully saturated rings. The summed E-state index contributed by atoms with van der Waals surface area (Å²) in [5.74, 6) is 0.520. The highest BCUT2D eigenvalue weighted by atomic mass is 79.9. The SMILES string of the molecule is COc1cc2nc(CBr)c(CBr)nc2cc1C#N. The van der Waals surface area contributed by atoms with Gasteiger partial charge in [-0.2, -0.15) is 5.26 Å². The van der Waals surface area contributed by atoms with Crippen molar-refractivity contribution in [3.05, 3.63) is 29.1 Å². The third kappa shape index (κ3) is 2.33. The first kappa shape index (κ1) is 13.2. The van der Waals surface area contributed by atoms with Crippen LogP contribution < -0.4 is 4.74 Å². The Labute approximate surface area is 121 Å². The van der Waals surface area contributed by atoms with Crippen LogP contribution >= 0.6 is 31.9 Å². The minimum absolute atomic E-state index is 0.464. The van der Waals surface area contributed by atoms with Crippen LogP contribution in [0.1, 0.15) is 17.0 Å². The lowest BCUT2D eigenvalue weighted by molar-refractivity contribution is 0.414. The third-order valence-electron chi connectivity index (χ3n) is 2.51. The number of benzene rings is 1. The van der Waals surface area contributed by atoms with E-state index in [4.69, 9.17) is 10.00 Å². The maximum atomic E-state index is 9.04. The number of ether oxygens (including phenoxy) is 1. The molecule has 0 N–H and O–H groups in total. The summed E-state index contributed by atoms with van der Waals surface area (Å²) in [5, 5.41) is 10.3. The van der Waals surface area contributed by atoms with E-state index in [1.165, 1.54) is 7.11 Å². The minimum Gasteiger partial charge on any atom is -0.495 e. The maximum Gasteiger partial charge on any atom is 0.138 e. The molecule has 0 bridgehead atoms. The Bertz CT molecular complexity index is 637. The van der Waals surface area contributed by atoms with Crippen molar-refractivity contribution in [1.29, 1.82) is 5.26 Å². The van der Waals surface area contributed by atoms with Crippen molar-refractivity contribution in [2.24, 2.45) is 0 Å². The zero-order valence-electron chi connectivity index (χ0n) is 9.57. The Kier molecular flexibility index (Phi) is 4.15. The zero-order valence-corrected chi connectivity index (χ0v) is 12.7. The molecule has 1 aromatic heterocycles. The second-order valence-corrected chi connectivity index (χ2v) is 4.66. The van der Waals surface area contributed by atoms with Gasteiger partial charge in [0.1, 0.15) is 11.8 Å². The Morgan fingerprint density at radius 2 is 1.72 bits per heavy atom. The van der Waals surface area contributed by atoms with E-state index in [1.807, 2.05) is 0 Å². The summed E-state index contributed by atoms with van der Waals surface area (Å²) in [6, 6.07) is 5.53. The molecule has 0 amide bonds. The second-order valence-electron chi connectivity index (χ2n) is 3.54. The molecule has 0 radical (unpaired) electrons. The quantitative estimate of drug-likeness (QED) is 0.777. The van der Waals surface area contributed by atoms with Gasteiger partial charge in [0, 0.05) is 16.7 Å². The first-order valence-electron chi connectivity index (χ1n) is 5.13. The van der Waals surface area contributed by atoms with Crippen LogP contribution in [-0.2, 0) is 10.7 Å². The van der Waals surface area contributed by atoms with Gasteiger partial charge >= 0.3 is 0 Å². The summed E-state index contributed by atoms with van der Waals surface area (Å²) in [6.07, 6.45) is 0. The highest BCUT2D eigenvalue weighted by molar-refractivity contribution is 9.09. The lowest BCUT2D eigenvalue weighted by Crippen LogP contribution is -1.99. The molecule has 2 rings (SSSR count). The zero-order chi connectivity index (χ0) is 13.1. The molecular formula is C12H9Br2N3O. The first-order chi connectivity index (χ1) is 8.73. The van der Waals surface area contributed by atoms with E-state index in [1.54, 1.807) is 12.1 Å². The van der Waals surface area contributed by atoms with Gasteiger partial charge in [-0.25, -0.2) is 9.97 Å². The molecule has 92 valence electrons. The van der Waals surface area contributed by atoms with Crippen LogP contribution in [0.15, 0.2) is 12.1 Å². The number of rotatable bonds is 3. The molecule has 0 aliphatic heterocycles. The van der Waals surface area contributed by atoms with E-state index in [0.29, 0.717) is 27.5 Å². The summed E-state index contributed by atoms with van der Waals surface area (Å²) in [7, 11) is 1.54. The van der Waals surface area contributed by atoms with Crippen LogP contribution in [0.5, 0.6) is 5.75 Å². The third-order valence-corrected chi connectivity index (χ3v) is 3.58. The van der Waals surface area contributed by atoms with Gasteiger partial charge in [0.25, 0.3) is 0 Å². The van der Waals surface area contributed by atoms with Gasteiger partial charge in [-0.1, -0.05) is 31.9 Å². The van der Waals surface area contributed by atoms with Gasteiger partial charge in [-0.05, 0) is 6.07 Å². The fraction of sp³-hybridized carbons (Fsp3) is 0.250. The molecule has 0 spiro atoms. The number of hydrogen-bond donors (Lipinski definition) is 0. The number of nitrogens with zero attached hydrogens (tertiary/aromatic N) is 3. The number of halogens is 2. The molecule has 2 aromatic rings. The number of hydrogen-bond acceptors (Lipinski definition) is 4. The smallest absolute Gasteiger partial charge is 0.138 e. The van der Waals surface area contributed by atoms with Crippen molar-refractivity contribution in [2.75, 3.05) is 7.11 Å².